The molecule has 0 saturated carbocycles. The number of benzene rings is 3. The maximum Gasteiger partial charge on any atom is 0.115 e. The standard InChI is InChI=1S/C18H14N2O/c19-16-10-12(11-5-7-13(21)8-6-11)9-15-14-3-1-2-4-17(14)20-18(15)16/h1-10,20-21H,19H2. The minimum absolute atomic E-state index is 0.264. The van der Waals surface area contributed by atoms with Gasteiger partial charge in [-0.2, -0.15) is 0 Å². The average molecular weight is 274 g/mol. The van der Waals surface area contributed by atoms with E-state index < -0.39 is 0 Å². The molecule has 102 valence electrons. The van der Waals surface area contributed by atoms with Crippen LogP contribution in [0.4, 0.5) is 5.69 Å². The number of hydrogen-bond acceptors (Lipinski definition) is 2. The summed E-state index contributed by atoms with van der Waals surface area (Å²) in [5.74, 6) is 0.264. The van der Waals surface area contributed by atoms with Gasteiger partial charge in [0.1, 0.15) is 5.75 Å². The number of aromatic nitrogens is 1. The molecule has 3 aromatic carbocycles. The van der Waals surface area contributed by atoms with Gasteiger partial charge in [-0.05, 0) is 41.5 Å². The maximum absolute atomic E-state index is 9.41. The van der Waals surface area contributed by atoms with E-state index in [0.29, 0.717) is 0 Å². The molecule has 0 radical (unpaired) electrons. The summed E-state index contributed by atoms with van der Waals surface area (Å²) >= 11 is 0. The summed E-state index contributed by atoms with van der Waals surface area (Å²) < 4.78 is 0. The largest absolute Gasteiger partial charge is 0.508 e. The Hall–Kier alpha value is -2.94. The number of nitrogen functional groups attached to an aromatic ring is 1. The molecule has 0 spiro atoms. The SMILES string of the molecule is Nc1cc(-c2ccc(O)cc2)cc2c1[nH]c1ccccc12. The molecule has 1 heterocycles. The molecular weight excluding hydrogens is 260 g/mol. The van der Waals surface area contributed by atoms with Crippen molar-refractivity contribution < 1.29 is 5.11 Å². The molecule has 0 aliphatic rings. The monoisotopic (exact) mass is 274 g/mol. The summed E-state index contributed by atoms with van der Waals surface area (Å²) in [5.41, 5.74) is 11.1. The highest BCUT2D eigenvalue weighted by Crippen LogP contribution is 2.34. The molecule has 0 saturated heterocycles. The van der Waals surface area contributed by atoms with Crippen molar-refractivity contribution in [2.75, 3.05) is 5.73 Å². The molecular formula is C18H14N2O. The van der Waals surface area contributed by atoms with Crippen molar-refractivity contribution in [3.05, 3.63) is 60.7 Å². The molecule has 4 rings (SSSR count). The van der Waals surface area contributed by atoms with Crippen LogP contribution in [0.25, 0.3) is 32.9 Å². The lowest BCUT2D eigenvalue weighted by Crippen LogP contribution is -1.88. The zero-order chi connectivity index (χ0) is 14.4. The molecule has 4 N–H and O–H groups in total. The van der Waals surface area contributed by atoms with Crippen LogP contribution in [0.2, 0.25) is 0 Å². The number of nitrogens with one attached hydrogen (secondary N) is 1. The van der Waals surface area contributed by atoms with E-state index in [2.05, 4.69) is 23.2 Å². The molecule has 0 fully saturated rings. The van der Waals surface area contributed by atoms with Crippen LogP contribution in [0.1, 0.15) is 0 Å². The summed E-state index contributed by atoms with van der Waals surface area (Å²) in [6.45, 7) is 0. The molecule has 0 atom stereocenters. The summed E-state index contributed by atoms with van der Waals surface area (Å²) in [4.78, 5) is 3.37. The number of hydrogen-bond donors (Lipinski definition) is 3. The Morgan fingerprint density at radius 3 is 2.38 bits per heavy atom. The third-order valence-corrected chi connectivity index (χ3v) is 3.85. The van der Waals surface area contributed by atoms with Gasteiger partial charge in [0.25, 0.3) is 0 Å². The molecule has 1 aromatic heterocycles. The Morgan fingerprint density at radius 1 is 0.810 bits per heavy atom. The fourth-order valence-electron chi connectivity index (χ4n) is 2.80. The van der Waals surface area contributed by atoms with E-state index in [1.54, 1.807) is 12.1 Å². The van der Waals surface area contributed by atoms with Crippen LogP contribution in [0, 0.1) is 0 Å². The lowest BCUT2D eigenvalue weighted by molar-refractivity contribution is 0.475. The minimum Gasteiger partial charge on any atom is -0.508 e. The molecule has 3 heteroatoms. The van der Waals surface area contributed by atoms with E-state index in [1.807, 2.05) is 30.3 Å². The summed E-state index contributed by atoms with van der Waals surface area (Å²) in [6.07, 6.45) is 0. The van der Waals surface area contributed by atoms with E-state index in [-0.39, 0.29) is 5.75 Å². The Balaban J connectivity index is 2.03. The molecule has 0 aliphatic heterocycles. The predicted octanol–water partition coefficient (Wildman–Crippen LogP) is 4.28. The van der Waals surface area contributed by atoms with Crippen LogP contribution >= 0.6 is 0 Å². The van der Waals surface area contributed by atoms with Crippen LogP contribution in [0.15, 0.2) is 60.7 Å². The second kappa shape index (κ2) is 4.28. The van der Waals surface area contributed by atoms with Crippen molar-refractivity contribution in [1.29, 1.82) is 0 Å². The molecule has 4 aromatic rings. The third-order valence-electron chi connectivity index (χ3n) is 3.85. The van der Waals surface area contributed by atoms with Gasteiger partial charge in [0.2, 0.25) is 0 Å². The average Bonchev–Trinajstić information content (AvgIpc) is 2.87. The number of H-pyrrole nitrogens is 1. The first kappa shape index (κ1) is 11.9. The number of nitrogens with two attached hydrogens (primary N) is 1. The Morgan fingerprint density at radius 2 is 1.57 bits per heavy atom. The number of aromatic hydroxyl groups is 1. The van der Waals surface area contributed by atoms with Gasteiger partial charge in [0.05, 0.1) is 11.2 Å². The quantitative estimate of drug-likeness (QED) is 0.454. The molecule has 0 aliphatic carbocycles. The number of fused-ring (bicyclic) bond motifs is 3. The summed E-state index contributed by atoms with van der Waals surface area (Å²) in [5, 5.41) is 11.7. The Bertz CT molecular complexity index is 952. The van der Waals surface area contributed by atoms with Crippen molar-refractivity contribution in [3.8, 4) is 16.9 Å². The fourth-order valence-corrected chi connectivity index (χ4v) is 2.80. The van der Waals surface area contributed by atoms with Gasteiger partial charge < -0.3 is 15.8 Å². The van der Waals surface area contributed by atoms with Crippen LogP contribution in [0.3, 0.4) is 0 Å². The predicted molar refractivity (Wildman–Crippen MR) is 87.3 cm³/mol. The van der Waals surface area contributed by atoms with Gasteiger partial charge in [-0.1, -0.05) is 30.3 Å². The molecule has 0 bridgehead atoms. The van der Waals surface area contributed by atoms with Gasteiger partial charge in [-0.25, -0.2) is 0 Å². The van der Waals surface area contributed by atoms with Crippen molar-refractivity contribution in [2.45, 2.75) is 0 Å². The van der Waals surface area contributed by atoms with Gasteiger partial charge in [-0.15, -0.1) is 0 Å². The van der Waals surface area contributed by atoms with Crippen LogP contribution in [0.5, 0.6) is 5.75 Å². The second-order valence-corrected chi connectivity index (χ2v) is 5.21. The van der Waals surface area contributed by atoms with Gasteiger partial charge >= 0.3 is 0 Å². The van der Waals surface area contributed by atoms with Crippen LogP contribution in [-0.2, 0) is 0 Å². The second-order valence-electron chi connectivity index (χ2n) is 5.21. The number of anilines is 1. The zero-order valence-corrected chi connectivity index (χ0v) is 11.3. The maximum atomic E-state index is 9.41. The number of phenolic OH excluding ortho intramolecular Hbond substituents is 1. The summed E-state index contributed by atoms with van der Waals surface area (Å²) in [6, 6.07) is 19.4. The smallest absolute Gasteiger partial charge is 0.115 e. The third kappa shape index (κ3) is 1.82. The van der Waals surface area contributed by atoms with Gasteiger partial charge in [-0.3, -0.25) is 0 Å². The fraction of sp³-hybridized carbons (Fsp3) is 0. The molecule has 21 heavy (non-hydrogen) atoms. The van der Waals surface area contributed by atoms with E-state index in [0.717, 1.165) is 33.2 Å². The molecule has 0 unspecified atom stereocenters. The van der Waals surface area contributed by atoms with Crippen molar-refractivity contribution >= 4 is 27.5 Å². The number of phenols is 1. The molecule has 3 nitrogen and oxygen atoms in total. The van der Waals surface area contributed by atoms with E-state index in [4.69, 9.17) is 5.73 Å². The molecule has 0 amide bonds. The van der Waals surface area contributed by atoms with E-state index in [1.165, 1.54) is 5.39 Å². The first-order valence-electron chi connectivity index (χ1n) is 6.82. The van der Waals surface area contributed by atoms with Crippen molar-refractivity contribution in [2.24, 2.45) is 0 Å². The van der Waals surface area contributed by atoms with Gasteiger partial charge in [0, 0.05) is 16.3 Å². The van der Waals surface area contributed by atoms with Crippen LogP contribution < -0.4 is 5.73 Å². The lowest BCUT2D eigenvalue weighted by Gasteiger charge is -2.05. The Kier molecular flexibility index (Phi) is 2.42. The zero-order valence-electron chi connectivity index (χ0n) is 11.3. The van der Waals surface area contributed by atoms with Gasteiger partial charge in [0.15, 0.2) is 0 Å². The van der Waals surface area contributed by atoms with Crippen molar-refractivity contribution in [3.63, 3.8) is 0 Å². The summed E-state index contributed by atoms with van der Waals surface area (Å²) in [7, 11) is 0. The van der Waals surface area contributed by atoms with Crippen molar-refractivity contribution in [1.82, 2.24) is 4.98 Å². The lowest BCUT2D eigenvalue weighted by atomic mass is 10.0. The number of para-hydroxylation sites is 1. The first-order chi connectivity index (χ1) is 10.2. The van der Waals surface area contributed by atoms with E-state index >= 15 is 0 Å². The first-order valence-corrected chi connectivity index (χ1v) is 6.82. The normalized spacial score (nSPS) is 11.2. The minimum atomic E-state index is 0.264. The number of rotatable bonds is 1. The van der Waals surface area contributed by atoms with E-state index in [9.17, 15) is 5.11 Å². The Labute approximate surface area is 121 Å². The highest BCUT2D eigenvalue weighted by Gasteiger charge is 2.09. The topological polar surface area (TPSA) is 62.0 Å². The highest BCUT2D eigenvalue weighted by atomic mass is 16.3. The number of aromatic amines is 1. The highest BCUT2D eigenvalue weighted by molar-refractivity contribution is 6.12. The van der Waals surface area contributed by atoms with Crippen LogP contribution in [-0.4, -0.2) is 10.1 Å².